The lowest BCUT2D eigenvalue weighted by molar-refractivity contribution is -0.149. The second-order valence-corrected chi connectivity index (χ2v) is 10.1. The number of hydrogen-bond acceptors (Lipinski definition) is 8. The standard InChI is InChI=1S/C22H32N4O6S/c1-7-26(8-2)33(29,30)17-11-9-10-16(12-17)21(27)24-19(14(3)4)22(28)31-13-18-23-20(15(5)6)25-32-18/h9-12,14-15,19H,7-8,13H2,1-6H3,(H,24,27)/t19-/m0/s1. The van der Waals surface area contributed by atoms with Crippen LogP contribution in [-0.2, 0) is 26.2 Å². The molecule has 0 radical (unpaired) electrons. The van der Waals surface area contributed by atoms with E-state index in [0.717, 1.165) is 0 Å². The van der Waals surface area contributed by atoms with Gasteiger partial charge in [0.2, 0.25) is 10.0 Å². The number of rotatable bonds is 11. The Labute approximate surface area is 194 Å². The van der Waals surface area contributed by atoms with Gasteiger partial charge in [0.1, 0.15) is 6.04 Å². The van der Waals surface area contributed by atoms with Crippen molar-refractivity contribution < 1.29 is 27.3 Å². The molecule has 0 saturated carbocycles. The number of carbonyl (C=O) groups excluding carboxylic acids is 2. The van der Waals surface area contributed by atoms with E-state index in [1.54, 1.807) is 27.7 Å². The highest BCUT2D eigenvalue weighted by atomic mass is 32.2. The molecule has 0 unspecified atom stereocenters. The number of ether oxygens (including phenoxy) is 1. The predicted molar refractivity (Wildman–Crippen MR) is 121 cm³/mol. The summed E-state index contributed by atoms with van der Waals surface area (Å²) in [5.74, 6) is -0.777. The average molecular weight is 481 g/mol. The Hall–Kier alpha value is -2.79. The largest absolute Gasteiger partial charge is 0.454 e. The fourth-order valence-corrected chi connectivity index (χ4v) is 4.52. The third-order valence-corrected chi connectivity index (χ3v) is 7.03. The zero-order valence-corrected chi connectivity index (χ0v) is 20.7. The summed E-state index contributed by atoms with van der Waals surface area (Å²) in [6, 6.07) is 4.78. The minimum absolute atomic E-state index is 0.0138. The summed E-state index contributed by atoms with van der Waals surface area (Å²) < 4.78 is 37.2. The second-order valence-electron chi connectivity index (χ2n) is 8.12. The molecule has 0 aliphatic carbocycles. The highest BCUT2D eigenvalue weighted by Gasteiger charge is 2.28. The molecule has 1 atom stereocenters. The van der Waals surface area contributed by atoms with Gasteiger partial charge in [-0.25, -0.2) is 13.2 Å². The Kier molecular flexibility index (Phi) is 9.12. The van der Waals surface area contributed by atoms with Crippen molar-refractivity contribution in [3.8, 4) is 0 Å². The molecule has 182 valence electrons. The van der Waals surface area contributed by atoms with Crippen molar-refractivity contribution >= 4 is 21.9 Å². The van der Waals surface area contributed by atoms with E-state index in [9.17, 15) is 18.0 Å². The molecule has 1 N–H and O–H groups in total. The van der Waals surface area contributed by atoms with E-state index < -0.39 is 27.9 Å². The van der Waals surface area contributed by atoms with Crippen molar-refractivity contribution in [2.24, 2.45) is 5.92 Å². The van der Waals surface area contributed by atoms with E-state index in [4.69, 9.17) is 9.26 Å². The van der Waals surface area contributed by atoms with Crippen LogP contribution in [0.25, 0.3) is 0 Å². The molecule has 0 spiro atoms. The van der Waals surface area contributed by atoms with Crippen LogP contribution in [0.1, 0.15) is 69.5 Å². The number of benzene rings is 1. The SMILES string of the molecule is CCN(CC)S(=O)(=O)c1cccc(C(=O)N[C@H](C(=O)OCc2nc(C(C)C)no2)C(C)C)c1. The van der Waals surface area contributed by atoms with Crippen molar-refractivity contribution in [1.29, 1.82) is 0 Å². The molecule has 1 amide bonds. The van der Waals surface area contributed by atoms with Crippen molar-refractivity contribution in [2.45, 2.75) is 65.0 Å². The van der Waals surface area contributed by atoms with Gasteiger partial charge in [-0.15, -0.1) is 0 Å². The first-order valence-corrected chi connectivity index (χ1v) is 12.3. The highest BCUT2D eigenvalue weighted by Crippen LogP contribution is 2.18. The van der Waals surface area contributed by atoms with Crippen molar-refractivity contribution in [3.05, 3.63) is 41.5 Å². The number of esters is 1. The predicted octanol–water partition coefficient (Wildman–Crippen LogP) is 2.72. The molecule has 11 heteroatoms. The molecule has 0 bridgehead atoms. The maximum Gasteiger partial charge on any atom is 0.329 e. The monoisotopic (exact) mass is 480 g/mol. The molecule has 0 saturated heterocycles. The van der Waals surface area contributed by atoms with Gasteiger partial charge in [0.25, 0.3) is 11.8 Å². The molecule has 33 heavy (non-hydrogen) atoms. The Morgan fingerprint density at radius 1 is 1.15 bits per heavy atom. The van der Waals surface area contributed by atoms with E-state index >= 15 is 0 Å². The summed E-state index contributed by atoms with van der Waals surface area (Å²) >= 11 is 0. The quantitative estimate of drug-likeness (QED) is 0.486. The summed E-state index contributed by atoms with van der Waals surface area (Å²) in [5, 5.41) is 6.45. The smallest absolute Gasteiger partial charge is 0.329 e. The van der Waals surface area contributed by atoms with Gasteiger partial charge in [-0.3, -0.25) is 4.79 Å². The summed E-state index contributed by atoms with van der Waals surface area (Å²) in [4.78, 5) is 29.6. The highest BCUT2D eigenvalue weighted by molar-refractivity contribution is 7.89. The molecule has 1 aromatic heterocycles. The minimum atomic E-state index is -3.72. The van der Waals surface area contributed by atoms with Gasteiger partial charge in [0.05, 0.1) is 4.90 Å². The van der Waals surface area contributed by atoms with Gasteiger partial charge < -0.3 is 14.6 Å². The van der Waals surface area contributed by atoms with Crippen LogP contribution >= 0.6 is 0 Å². The Balaban J connectivity index is 2.12. The fraction of sp³-hybridized carbons (Fsp3) is 0.545. The van der Waals surface area contributed by atoms with Gasteiger partial charge >= 0.3 is 5.97 Å². The molecule has 2 rings (SSSR count). The van der Waals surface area contributed by atoms with Crippen molar-refractivity contribution in [1.82, 2.24) is 19.8 Å². The molecular weight excluding hydrogens is 448 g/mol. The second kappa shape index (κ2) is 11.4. The maximum absolute atomic E-state index is 12.8. The third-order valence-electron chi connectivity index (χ3n) is 4.98. The average Bonchev–Trinajstić information content (AvgIpc) is 3.25. The van der Waals surface area contributed by atoms with Crippen LogP contribution in [0.4, 0.5) is 0 Å². The molecule has 1 aromatic carbocycles. The van der Waals surface area contributed by atoms with Gasteiger partial charge in [0, 0.05) is 24.6 Å². The number of amides is 1. The van der Waals surface area contributed by atoms with Gasteiger partial charge in [0.15, 0.2) is 12.4 Å². The van der Waals surface area contributed by atoms with Crippen molar-refractivity contribution in [3.63, 3.8) is 0 Å². The van der Waals surface area contributed by atoms with E-state index in [0.29, 0.717) is 18.9 Å². The lowest BCUT2D eigenvalue weighted by atomic mass is 10.0. The maximum atomic E-state index is 12.8. The molecule has 0 aliphatic rings. The zero-order chi connectivity index (χ0) is 24.8. The Morgan fingerprint density at radius 3 is 2.36 bits per heavy atom. The van der Waals surface area contributed by atoms with Crippen LogP contribution in [0.2, 0.25) is 0 Å². The van der Waals surface area contributed by atoms with E-state index in [2.05, 4.69) is 15.5 Å². The van der Waals surface area contributed by atoms with Gasteiger partial charge in [-0.1, -0.05) is 52.8 Å². The molecule has 2 aromatic rings. The summed E-state index contributed by atoms with van der Waals surface area (Å²) in [7, 11) is -3.72. The number of hydrogen-bond donors (Lipinski definition) is 1. The van der Waals surface area contributed by atoms with Crippen LogP contribution in [0, 0.1) is 5.92 Å². The topological polar surface area (TPSA) is 132 Å². The first-order chi connectivity index (χ1) is 15.5. The Bertz CT molecular complexity index is 1060. The van der Waals surface area contributed by atoms with Crippen LogP contribution < -0.4 is 5.32 Å². The first kappa shape index (κ1) is 26.5. The number of carbonyl (C=O) groups is 2. The van der Waals surface area contributed by atoms with Crippen LogP contribution in [0.3, 0.4) is 0 Å². The summed E-state index contributed by atoms with van der Waals surface area (Å²) in [6.45, 7) is 11.2. The van der Waals surface area contributed by atoms with Crippen LogP contribution in [0.15, 0.2) is 33.7 Å². The number of aromatic nitrogens is 2. The lowest BCUT2D eigenvalue weighted by Gasteiger charge is -2.21. The number of sulfonamides is 1. The fourth-order valence-electron chi connectivity index (χ4n) is 3.02. The normalized spacial score (nSPS) is 12.9. The Morgan fingerprint density at radius 2 is 1.82 bits per heavy atom. The first-order valence-electron chi connectivity index (χ1n) is 10.9. The molecule has 10 nitrogen and oxygen atoms in total. The molecule has 0 aliphatic heterocycles. The molecule has 1 heterocycles. The minimum Gasteiger partial charge on any atom is -0.454 e. The van der Waals surface area contributed by atoms with Gasteiger partial charge in [-0.2, -0.15) is 9.29 Å². The van der Waals surface area contributed by atoms with E-state index in [-0.39, 0.29) is 34.8 Å². The summed E-state index contributed by atoms with van der Waals surface area (Å²) in [5.41, 5.74) is 0.125. The summed E-state index contributed by atoms with van der Waals surface area (Å²) in [6.07, 6.45) is 0. The van der Waals surface area contributed by atoms with E-state index in [1.165, 1.54) is 28.6 Å². The van der Waals surface area contributed by atoms with E-state index in [1.807, 2.05) is 13.8 Å². The number of nitrogens with zero attached hydrogens (tertiary/aromatic N) is 3. The zero-order valence-electron chi connectivity index (χ0n) is 19.9. The molecule has 0 fully saturated rings. The number of nitrogens with one attached hydrogen (secondary N) is 1. The van der Waals surface area contributed by atoms with Gasteiger partial charge in [-0.05, 0) is 24.1 Å². The van der Waals surface area contributed by atoms with Crippen molar-refractivity contribution in [2.75, 3.05) is 13.1 Å². The van der Waals surface area contributed by atoms with Crippen LogP contribution in [-0.4, -0.2) is 53.9 Å². The third kappa shape index (κ3) is 6.61. The lowest BCUT2D eigenvalue weighted by Crippen LogP contribution is -2.45. The van der Waals surface area contributed by atoms with Crippen LogP contribution in [0.5, 0.6) is 0 Å². The molecular formula is C22H32N4O6S.